The Morgan fingerprint density at radius 2 is 1.97 bits per heavy atom. The van der Waals surface area contributed by atoms with Crippen LogP contribution in [0.3, 0.4) is 0 Å². The van der Waals surface area contributed by atoms with Crippen LogP contribution in [0.2, 0.25) is 0 Å². The highest BCUT2D eigenvalue weighted by Crippen LogP contribution is 2.29. The third-order valence-corrected chi connectivity index (χ3v) is 6.35. The Balaban J connectivity index is 1.19. The lowest BCUT2D eigenvalue weighted by Gasteiger charge is -2.35. The van der Waals surface area contributed by atoms with E-state index in [1.54, 1.807) is 6.07 Å². The van der Waals surface area contributed by atoms with Crippen molar-refractivity contribution in [3.8, 4) is 0 Å². The maximum atomic E-state index is 12.7. The first-order valence-corrected chi connectivity index (χ1v) is 10.6. The van der Waals surface area contributed by atoms with Gasteiger partial charge in [0.25, 0.3) is 5.91 Å². The highest BCUT2D eigenvalue weighted by atomic mass is 16.5. The van der Waals surface area contributed by atoms with Gasteiger partial charge >= 0.3 is 0 Å². The second kappa shape index (κ2) is 8.29. The van der Waals surface area contributed by atoms with Crippen molar-refractivity contribution in [1.82, 2.24) is 20.2 Å². The number of aliphatic hydroxyl groups is 1. The molecule has 8 heteroatoms. The van der Waals surface area contributed by atoms with Crippen LogP contribution < -0.4 is 10.6 Å². The average Bonchev–Trinajstić information content (AvgIpc) is 3.10. The first-order chi connectivity index (χ1) is 14.7. The van der Waals surface area contributed by atoms with Gasteiger partial charge in [-0.3, -0.25) is 9.69 Å². The number of carbonyl (C=O) groups is 1. The van der Waals surface area contributed by atoms with E-state index in [0.29, 0.717) is 31.1 Å². The second-order valence-corrected chi connectivity index (χ2v) is 8.43. The molecule has 0 bridgehead atoms. The predicted octanol–water partition coefficient (Wildman–Crippen LogP) is 0.967. The minimum Gasteiger partial charge on any atom is -0.391 e. The van der Waals surface area contributed by atoms with Crippen molar-refractivity contribution >= 4 is 11.7 Å². The van der Waals surface area contributed by atoms with Crippen molar-refractivity contribution in [2.75, 3.05) is 25.1 Å². The summed E-state index contributed by atoms with van der Waals surface area (Å²) < 4.78 is 5.15. The van der Waals surface area contributed by atoms with Gasteiger partial charge in [-0.25, -0.2) is 9.97 Å². The Morgan fingerprint density at radius 3 is 2.77 bits per heavy atom. The van der Waals surface area contributed by atoms with E-state index in [0.717, 1.165) is 25.9 Å². The lowest BCUT2D eigenvalue weighted by Crippen LogP contribution is -2.43. The zero-order chi connectivity index (χ0) is 20.5. The number of hydrogen-bond donors (Lipinski definition) is 3. The van der Waals surface area contributed by atoms with E-state index >= 15 is 0 Å². The normalized spacial score (nSPS) is 26.6. The topological polar surface area (TPSA) is 99.6 Å². The van der Waals surface area contributed by atoms with Gasteiger partial charge in [0.2, 0.25) is 0 Å². The summed E-state index contributed by atoms with van der Waals surface area (Å²) in [4.78, 5) is 23.4. The van der Waals surface area contributed by atoms with Crippen LogP contribution in [0.4, 0.5) is 5.82 Å². The van der Waals surface area contributed by atoms with Crippen molar-refractivity contribution in [3.63, 3.8) is 0 Å². The number of ether oxygens (including phenoxy) is 1. The van der Waals surface area contributed by atoms with Gasteiger partial charge in [0.05, 0.1) is 25.4 Å². The Kier molecular flexibility index (Phi) is 5.37. The van der Waals surface area contributed by atoms with Crippen molar-refractivity contribution in [1.29, 1.82) is 0 Å². The Hall–Kier alpha value is -2.55. The summed E-state index contributed by atoms with van der Waals surface area (Å²) in [6, 6.07) is 10.4. The van der Waals surface area contributed by atoms with E-state index in [1.165, 1.54) is 17.5 Å². The summed E-state index contributed by atoms with van der Waals surface area (Å²) in [6.07, 6.45) is 3.25. The molecule has 5 rings (SSSR count). The van der Waals surface area contributed by atoms with Gasteiger partial charge in [-0.2, -0.15) is 0 Å². The van der Waals surface area contributed by atoms with Crippen LogP contribution in [-0.2, 0) is 17.7 Å². The molecule has 1 saturated heterocycles. The number of aromatic nitrogens is 2. The fourth-order valence-electron chi connectivity index (χ4n) is 4.65. The molecule has 0 radical (unpaired) electrons. The zero-order valence-corrected chi connectivity index (χ0v) is 16.8. The van der Waals surface area contributed by atoms with Crippen molar-refractivity contribution in [2.24, 2.45) is 0 Å². The van der Waals surface area contributed by atoms with Crippen LogP contribution >= 0.6 is 0 Å². The van der Waals surface area contributed by atoms with Gasteiger partial charge in [-0.05, 0) is 30.4 Å². The molecule has 3 heterocycles. The highest BCUT2D eigenvalue weighted by molar-refractivity contribution is 5.93. The highest BCUT2D eigenvalue weighted by Gasteiger charge is 2.38. The lowest BCUT2D eigenvalue weighted by atomic mass is 9.98. The van der Waals surface area contributed by atoms with Crippen LogP contribution in [0.1, 0.15) is 34.5 Å². The molecular formula is C22H27N5O3. The number of hydrogen-bond acceptors (Lipinski definition) is 7. The number of nitrogens with zero attached hydrogens (tertiary/aromatic N) is 3. The fraction of sp³-hybridized carbons (Fsp3) is 0.500. The molecule has 1 amide bonds. The number of benzene rings is 1. The molecule has 1 saturated carbocycles. The summed E-state index contributed by atoms with van der Waals surface area (Å²) in [5.74, 6) is 0.395. The summed E-state index contributed by atoms with van der Waals surface area (Å²) >= 11 is 0. The second-order valence-electron chi connectivity index (χ2n) is 8.43. The van der Waals surface area contributed by atoms with E-state index in [1.807, 2.05) is 0 Å². The van der Waals surface area contributed by atoms with Crippen molar-refractivity contribution in [3.05, 3.63) is 53.5 Å². The summed E-state index contributed by atoms with van der Waals surface area (Å²) in [5.41, 5.74) is 3.06. The fourth-order valence-corrected chi connectivity index (χ4v) is 4.65. The SMILES string of the molecule is O=C(NC1C[C@H](O)[C@@H](N2CCc3ccccc3C2)C1)c1cc(NC2COC2)ncn1. The molecular weight excluding hydrogens is 382 g/mol. The summed E-state index contributed by atoms with van der Waals surface area (Å²) in [5, 5.41) is 17.0. The van der Waals surface area contributed by atoms with Crippen LogP contribution in [0.15, 0.2) is 36.7 Å². The van der Waals surface area contributed by atoms with Crippen LogP contribution in [0, 0.1) is 0 Å². The standard InChI is InChI=1S/C22H27N5O3/c28-20-8-16(7-19(20)27-6-5-14-3-1-2-4-15(14)10-27)26-22(29)18-9-21(24-13-23-18)25-17-11-30-12-17/h1-4,9,13,16-17,19-20,28H,5-8,10-12H2,(H,26,29)(H,23,24,25)/t16?,19-,20-/m0/s1. The minimum atomic E-state index is -0.443. The molecule has 1 unspecified atom stereocenters. The quantitative estimate of drug-likeness (QED) is 0.677. The van der Waals surface area contributed by atoms with E-state index in [9.17, 15) is 9.90 Å². The Bertz CT molecular complexity index is 919. The molecule has 1 aliphatic carbocycles. The first-order valence-electron chi connectivity index (χ1n) is 10.6. The Morgan fingerprint density at radius 1 is 1.13 bits per heavy atom. The average molecular weight is 409 g/mol. The van der Waals surface area contributed by atoms with E-state index in [2.05, 4.69) is 49.8 Å². The molecule has 158 valence electrons. The molecule has 1 aromatic heterocycles. The summed E-state index contributed by atoms with van der Waals surface area (Å²) in [7, 11) is 0. The number of fused-ring (bicyclic) bond motifs is 1. The lowest BCUT2D eigenvalue weighted by molar-refractivity contribution is 0.0209. The van der Waals surface area contributed by atoms with Crippen LogP contribution in [0.25, 0.3) is 0 Å². The third kappa shape index (κ3) is 4.03. The zero-order valence-electron chi connectivity index (χ0n) is 16.8. The maximum absolute atomic E-state index is 12.7. The number of rotatable bonds is 5. The molecule has 2 fully saturated rings. The first kappa shape index (κ1) is 19.4. The Labute approximate surface area is 175 Å². The monoisotopic (exact) mass is 409 g/mol. The van der Waals surface area contributed by atoms with Gasteiger partial charge in [0.15, 0.2) is 0 Å². The van der Waals surface area contributed by atoms with Gasteiger partial charge in [-0.15, -0.1) is 0 Å². The molecule has 30 heavy (non-hydrogen) atoms. The van der Waals surface area contributed by atoms with E-state index in [-0.39, 0.29) is 24.0 Å². The molecule has 8 nitrogen and oxygen atoms in total. The molecule has 2 aliphatic heterocycles. The number of aliphatic hydroxyl groups excluding tert-OH is 1. The van der Waals surface area contributed by atoms with Gasteiger partial charge in [-0.1, -0.05) is 24.3 Å². The third-order valence-electron chi connectivity index (χ3n) is 6.35. The molecule has 3 aliphatic rings. The number of anilines is 1. The van der Waals surface area contributed by atoms with E-state index < -0.39 is 6.10 Å². The number of nitrogens with one attached hydrogen (secondary N) is 2. The maximum Gasteiger partial charge on any atom is 0.270 e. The number of carbonyl (C=O) groups excluding carboxylic acids is 1. The van der Waals surface area contributed by atoms with Crippen LogP contribution in [-0.4, -0.2) is 69.9 Å². The molecule has 1 aromatic carbocycles. The van der Waals surface area contributed by atoms with E-state index in [4.69, 9.17) is 4.74 Å². The van der Waals surface area contributed by atoms with Crippen molar-refractivity contribution in [2.45, 2.75) is 50.0 Å². The smallest absolute Gasteiger partial charge is 0.270 e. The van der Waals surface area contributed by atoms with Crippen molar-refractivity contribution < 1.29 is 14.6 Å². The molecule has 3 atom stereocenters. The molecule has 2 aromatic rings. The van der Waals surface area contributed by atoms with Gasteiger partial charge < -0.3 is 20.5 Å². The van der Waals surface area contributed by atoms with Gasteiger partial charge in [0.1, 0.15) is 17.8 Å². The largest absolute Gasteiger partial charge is 0.391 e. The molecule has 0 spiro atoms. The van der Waals surface area contributed by atoms with Crippen LogP contribution in [0.5, 0.6) is 0 Å². The van der Waals surface area contributed by atoms with Gasteiger partial charge in [0, 0.05) is 31.2 Å². The predicted molar refractivity (Wildman–Crippen MR) is 111 cm³/mol. The summed E-state index contributed by atoms with van der Waals surface area (Å²) in [6.45, 7) is 3.08. The number of amides is 1. The molecule has 3 N–H and O–H groups in total. The minimum absolute atomic E-state index is 0.0601.